The molecule has 2 aromatic carbocycles. The van der Waals surface area contributed by atoms with Crippen LogP contribution in [-0.4, -0.2) is 62.6 Å². The summed E-state index contributed by atoms with van der Waals surface area (Å²) in [6.07, 6.45) is 3.14. The van der Waals surface area contributed by atoms with Crippen LogP contribution < -0.4 is 21.6 Å². The summed E-state index contributed by atoms with van der Waals surface area (Å²) < 4.78 is 0. The zero-order valence-electron chi connectivity index (χ0n) is 24.5. The number of carboxylic acid groups (broad SMARTS) is 1. The van der Waals surface area contributed by atoms with Crippen LogP contribution >= 0.6 is 23.2 Å². The molecule has 3 amide bonds. The molecule has 4 rings (SSSR count). The van der Waals surface area contributed by atoms with E-state index in [0.717, 1.165) is 26.1 Å². The van der Waals surface area contributed by atoms with E-state index in [-0.39, 0.29) is 33.4 Å². The number of piperidine rings is 1. The van der Waals surface area contributed by atoms with Gasteiger partial charge in [-0.3, -0.25) is 9.69 Å². The molecule has 0 saturated carbocycles. The molecular weight excluding hydrogens is 607 g/mol. The fraction of sp³-hybridized carbons (Fsp3) is 0.387. The lowest BCUT2D eigenvalue weighted by molar-refractivity contribution is -0.139. The smallest absolute Gasteiger partial charge is 0.346 e. The summed E-state index contributed by atoms with van der Waals surface area (Å²) in [7, 11) is 0. The molecule has 0 bridgehead atoms. The summed E-state index contributed by atoms with van der Waals surface area (Å²) in [6.45, 7) is 6.57. The van der Waals surface area contributed by atoms with E-state index >= 15 is 0 Å². The van der Waals surface area contributed by atoms with Gasteiger partial charge in [0.1, 0.15) is 11.9 Å². The lowest BCUT2D eigenvalue weighted by atomic mass is 9.80. The minimum atomic E-state index is -1.39. The molecule has 2 heterocycles. The molecule has 0 aliphatic carbocycles. The number of urea groups is 1. The standard InChI is InChI=1S/C31H36Cl2N6O5/c1-19(2)16-31(11-13-39(14-12-31)18-20-7-4-3-5-8-20)38-30(44)35-24(28(41)42)15-21-17-34-29(43)37-26(21)36-27(40)25-22(32)9-6-10-23(25)33/h3-10,17,19,24H,11-16,18H2,1-2H3,(H,41,42)(H2,35,38,44)(H2,34,36,37,40,43). The van der Waals surface area contributed by atoms with Crippen molar-refractivity contribution in [3.05, 3.63) is 91.9 Å². The summed E-state index contributed by atoms with van der Waals surface area (Å²) in [5.41, 5.74) is 0.116. The molecule has 0 spiro atoms. The number of likely N-dealkylation sites (tertiary alicyclic amines) is 1. The predicted octanol–water partition coefficient (Wildman–Crippen LogP) is 4.70. The Morgan fingerprint density at radius 1 is 1.05 bits per heavy atom. The maximum Gasteiger partial charge on any atom is 0.346 e. The number of carboxylic acids is 1. The minimum Gasteiger partial charge on any atom is -0.480 e. The van der Waals surface area contributed by atoms with Gasteiger partial charge in [-0.05, 0) is 42.9 Å². The molecule has 1 fully saturated rings. The Labute approximate surface area is 265 Å². The van der Waals surface area contributed by atoms with Crippen molar-refractivity contribution in [2.75, 3.05) is 18.4 Å². The number of aromatic nitrogens is 2. The molecular formula is C31H36Cl2N6O5. The molecule has 3 aromatic rings. The highest BCUT2D eigenvalue weighted by Crippen LogP contribution is 2.30. The predicted molar refractivity (Wildman–Crippen MR) is 169 cm³/mol. The number of nitrogens with zero attached hydrogens (tertiary/aromatic N) is 2. The normalized spacial score (nSPS) is 15.4. The van der Waals surface area contributed by atoms with Crippen LogP contribution in [0.2, 0.25) is 10.0 Å². The summed E-state index contributed by atoms with van der Waals surface area (Å²) in [5.74, 6) is -1.90. The molecule has 0 radical (unpaired) electrons. The highest BCUT2D eigenvalue weighted by Gasteiger charge is 2.37. The molecule has 11 nitrogen and oxygen atoms in total. The van der Waals surface area contributed by atoms with E-state index in [0.29, 0.717) is 18.8 Å². The number of rotatable bonds is 11. The minimum absolute atomic E-state index is 0.0265. The lowest BCUT2D eigenvalue weighted by Gasteiger charge is -2.43. The second kappa shape index (κ2) is 14.7. The van der Waals surface area contributed by atoms with Gasteiger partial charge in [0.15, 0.2) is 0 Å². The van der Waals surface area contributed by atoms with E-state index in [1.54, 1.807) is 6.07 Å². The number of halogens is 2. The van der Waals surface area contributed by atoms with Crippen molar-refractivity contribution >= 4 is 46.9 Å². The van der Waals surface area contributed by atoms with Crippen LogP contribution in [0, 0.1) is 5.92 Å². The molecule has 1 unspecified atom stereocenters. The molecule has 13 heteroatoms. The third-order valence-corrected chi connectivity index (χ3v) is 8.21. The van der Waals surface area contributed by atoms with Crippen LogP contribution in [0.5, 0.6) is 0 Å². The number of carbonyl (C=O) groups is 3. The first-order chi connectivity index (χ1) is 20.9. The third kappa shape index (κ3) is 8.81. The van der Waals surface area contributed by atoms with Crippen LogP contribution in [0.3, 0.4) is 0 Å². The fourth-order valence-corrected chi connectivity index (χ4v) is 6.14. The number of aromatic amines is 1. The summed E-state index contributed by atoms with van der Waals surface area (Å²) >= 11 is 12.3. The number of anilines is 1. The SMILES string of the molecule is CC(C)CC1(NC(=O)NC(Cc2c[nH]c(=O)nc2NC(=O)c2c(Cl)cccc2Cl)C(=O)O)CCN(Cc2ccccc2)CC1. The average Bonchev–Trinajstić information content (AvgIpc) is 2.95. The Bertz CT molecular complexity index is 1520. The van der Waals surface area contributed by atoms with Gasteiger partial charge in [0.25, 0.3) is 5.91 Å². The van der Waals surface area contributed by atoms with Crippen molar-refractivity contribution in [1.29, 1.82) is 0 Å². The van der Waals surface area contributed by atoms with Crippen LogP contribution in [0.15, 0.2) is 59.5 Å². The highest BCUT2D eigenvalue weighted by molar-refractivity contribution is 6.40. The summed E-state index contributed by atoms with van der Waals surface area (Å²) in [4.78, 5) is 59.0. The Balaban J connectivity index is 1.45. The van der Waals surface area contributed by atoms with E-state index in [4.69, 9.17) is 23.2 Å². The number of nitrogens with one attached hydrogen (secondary N) is 4. The van der Waals surface area contributed by atoms with Gasteiger partial charge < -0.3 is 26.0 Å². The largest absolute Gasteiger partial charge is 0.480 e. The van der Waals surface area contributed by atoms with Gasteiger partial charge in [0, 0.05) is 43.4 Å². The van der Waals surface area contributed by atoms with Crippen LogP contribution in [0.1, 0.15) is 54.6 Å². The van der Waals surface area contributed by atoms with Gasteiger partial charge in [-0.15, -0.1) is 0 Å². The van der Waals surface area contributed by atoms with E-state index < -0.39 is 35.2 Å². The van der Waals surface area contributed by atoms with Gasteiger partial charge in [-0.1, -0.05) is 73.4 Å². The Morgan fingerprint density at radius 2 is 1.70 bits per heavy atom. The molecule has 1 saturated heterocycles. The Kier molecular flexibility index (Phi) is 11.0. The maximum absolute atomic E-state index is 13.3. The lowest BCUT2D eigenvalue weighted by Crippen LogP contribution is -2.59. The van der Waals surface area contributed by atoms with Gasteiger partial charge in [0.2, 0.25) is 0 Å². The first-order valence-electron chi connectivity index (χ1n) is 14.4. The first kappa shape index (κ1) is 33.0. The second-order valence-electron chi connectivity index (χ2n) is 11.5. The topological polar surface area (TPSA) is 157 Å². The zero-order valence-corrected chi connectivity index (χ0v) is 26.0. The average molecular weight is 644 g/mol. The quantitative estimate of drug-likeness (QED) is 0.203. The van der Waals surface area contributed by atoms with Gasteiger partial charge >= 0.3 is 17.7 Å². The fourth-order valence-electron chi connectivity index (χ4n) is 5.57. The van der Waals surface area contributed by atoms with Crippen molar-refractivity contribution in [3.8, 4) is 0 Å². The van der Waals surface area contributed by atoms with Crippen LogP contribution in [0.25, 0.3) is 0 Å². The van der Waals surface area contributed by atoms with Gasteiger partial charge in [0.05, 0.1) is 15.6 Å². The summed E-state index contributed by atoms with van der Waals surface area (Å²) in [5, 5.41) is 18.3. The second-order valence-corrected chi connectivity index (χ2v) is 12.3. The van der Waals surface area contributed by atoms with E-state index in [2.05, 4.69) is 56.8 Å². The summed E-state index contributed by atoms with van der Waals surface area (Å²) in [6, 6.07) is 12.7. The number of hydrogen-bond donors (Lipinski definition) is 5. The molecule has 1 atom stereocenters. The first-order valence-corrected chi connectivity index (χ1v) is 15.1. The van der Waals surface area contributed by atoms with Crippen molar-refractivity contribution in [1.82, 2.24) is 25.5 Å². The van der Waals surface area contributed by atoms with E-state index in [1.807, 2.05) is 18.2 Å². The number of H-pyrrole nitrogens is 1. The number of carbonyl (C=O) groups excluding carboxylic acids is 2. The van der Waals surface area contributed by atoms with Crippen LogP contribution in [-0.2, 0) is 17.8 Å². The molecule has 1 aliphatic heterocycles. The number of amides is 3. The molecule has 1 aromatic heterocycles. The highest BCUT2D eigenvalue weighted by atomic mass is 35.5. The van der Waals surface area contributed by atoms with Crippen molar-refractivity contribution in [2.24, 2.45) is 5.92 Å². The van der Waals surface area contributed by atoms with E-state index in [9.17, 15) is 24.3 Å². The van der Waals surface area contributed by atoms with Crippen LogP contribution in [0.4, 0.5) is 10.6 Å². The zero-order chi connectivity index (χ0) is 31.9. The number of aliphatic carboxylic acids is 1. The van der Waals surface area contributed by atoms with Crippen molar-refractivity contribution in [3.63, 3.8) is 0 Å². The van der Waals surface area contributed by atoms with E-state index in [1.165, 1.54) is 23.9 Å². The van der Waals surface area contributed by atoms with Crippen molar-refractivity contribution < 1.29 is 19.5 Å². The molecule has 5 N–H and O–H groups in total. The third-order valence-electron chi connectivity index (χ3n) is 7.58. The molecule has 234 valence electrons. The molecule has 1 aliphatic rings. The number of benzene rings is 2. The number of hydrogen-bond acceptors (Lipinski definition) is 6. The molecule has 44 heavy (non-hydrogen) atoms. The van der Waals surface area contributed by atoms with Gasteiger partial charge in [-0.25, -0.2) is 14.4 Å². The monoisotopic (exact) mass is 642 g/mol. The Morgan fingerprint density at radius 3 is 2.32 bits per heavy atom. The Hall–Kier alpha value is -3.93. The maximum atomic E-state index is 13.3. The van der Waals surface area contributed by atoms with Gasteiger partial charge in [-0.2, -0.15) is 4.98 Å². The van der Waals surface area contributed by atoms with Crippen molar-refractivity contribution in [2.45, 2.75) is 57.7 Å².